The lowest BCUT2D eigenvalue weighted by Crippen LogP contribution is -2.39. The van der Waals surface area contributed by atoms with Gasteiger partial charge in [0, 0.05) is 26.7 Å². The van der Waals surface area contributed by atoms with Crippen LogP contribution in [0.5, 0.6) is 0 Å². The molecule has 0 atom stereocenters. The third kappa shape index (κ3) is 9.72. The van der Waals surface area contributed by atoms with Crippen LogP contribution in [0.3, 0.4) is 0 Å². The molecule has 0 aliphatic carbocycles. The minimum atomic E-state index is -3.07. The average Bonchev–Trinajstić information content (AvgIpc) is 2.20. The Kier molecular flexibility index (Phi) is 7.92. The summed E-state index contributed by atoms with van der Waals surface area (Å²) in [6.45, 7) is 4.08. The molecular formula is C9H22N4O2S. The maximum absolute atomic E-state index is 10.8. The number of hydrogen-bond donors (Lipinski definition) is 3. The molecule has 6 nitrogen and oxygen atoms in total. The highest BCUT2D eigenvalue weighted by Crippen LogP contribution is 1.79. The van der Waals surface area contributed by atoms with Crippen LogP contribution in [0.4, 0.5) is 0 Å². The van der Waals surface area contributed by atoms with Gasteiger partial charge in [-0.1, -0.05) is 6.92 Å². The summed E-state index contributed by atoms with van der Waals surface area (Å²) in [5, 5.41) is 6.22. The predicted octanol–water partition coefficient (Wildman–Crippen LogP) is -0.499. The van der Waals surface area contributed by atoms with Gasteiger partial charge in [0.2, 0.25) is 10.0 Å². The van der Waals surface area contributed by atoms with E-state index in [9.17, 15) is 8.42 Å². The quantitative estimate of drug-likeness (QED) is 0.323. The smallest absolute Gasteiger partial charge is 0.208 e. The lowest BCUT2D eigenvalue weighted by atomic mass is 10.4. The van der Waals surface area contributed by atoms with E-state index in [-0.39, 0.29) is 0 Å². The zero-order valence-corrected chi connectivity index (χ0v) is 11.0. The van der Waals surface area contributed by atoms with E-state index in [1.54, 1.807) is 7.05 Å². The molecule has 0 aromatic carbocycles. The van der Waals surface area contributed by atoms with E-state index in [0.29, 0.717) is 13.1 Å². The third-order valence-electron chi connectivity index (χ3n) is 1.78. The summed E-state index contributed by atoms with van der Waals surface area (Å²) >= 11 is 0. The Bertz CT molecular complexity index is 301. The Hall–Kier alpha value is -0.820. The fourth-order valence-corrected chi connectivity index (χ4v) is 1.53. The number of sulfonamides is 1. The van der Waals surface area contributed by atoms with Crippen LogP contribution in [0, 0.1) is 0 Å². The zero-order chi connectivity index (χ0) is 12.4. The molecule has 0 bridgehead atoms. The van der Waals surface area contributed by atoms with E-state index in [1.807, 2.05) is 0 Å². The molecule has 96 valence electrons. The largest absolute Gasteiger partial charge is 0.356 e. The third-order valence-corrected chi connectivity index (χ3v) is 2.50. The van der Waals surface area contributed by atoms with E-state index in [0.717, 1.165) is 31.6 Å². The lowest BCUT2D eigenvalue weighted by molar-refractivity contribution is 0.584. The number of guanidine groups is 1. The second kappa shape index (κ2) is 8.35. The highest BCUT2D eigenvalue weighted by Gasteiger charge is 1.99. The molecule has 7 heteroatoms. The van der Waals surface area contributed by atoms with Crippen LogP contribution < -0.4 is 15.4 Å². The molecule has 0 aliphatic heterocycles. The first-order valence-electron chi connectivity index (χ1n) is 5.38. The summed E-state index contributed by atoms with van der Waals surface area (Å²) in [4.78, 5) is 4.03. The first kappa shape index (κ1) is 15.2. The molecule has 0 spiro atoms. The average molecular weight is 250 g/mol. The van der Waals surface area contributed by atoms with Crippen molar-refractivity contribution in [1.82, 2.24) is 15.4 Å². The van der Waals surface area contributed by atoms with Crippen molar-refractivity contribution in [2.24, 2.45) is 4.99 Å². The van der Waals surface area contributed by atoms with Crippen molar-refractivity contribution >= 4 is 16.0 Å². The van der Waals surface area contributed by atoms with Crippen molar-refractivity contribution in [3.63, 3.8) is 0 Å². The van der Waals surface area contributed by atoms with Gasteiger partial charge in [0.05, 0.1) is 6.26 Å². The molecule has 0 radical (unpaired) electrons. The van der Waals surface area contributed by atoms with Gasteiger partial charge in [-0.25, -0.2) is 13.1 Å². The molecule has 0 aliphatic rings. The van der Waals surface area contributed by atoms with Gasteiger partial charge in [-0.2, -0.15) is 0 Å². The maximum atomic E-state index is 10.8. The summed E-state index contributed by atoms with van der Waals surface area (Å²) in [7, 11) is -1.36. The van der Waals surface area contributed by atoms with Crippen LogP contribution in [0.25, 0.3) is 0 Å². The van der Waals surface area contributed by atoms with Gasteiger partial charge in [0.1, 0.15) is 0 Å². The van der Waals surface area contributed by atoms with Crippen LogP contribution in [0.1, 0.15) is 19.8 Å². The Balaban J connectivity index is 3.57. The van der Waals surface area contributed by atoms with Crippen molar-refractivity contribution < 1.29 is 8.42 Å². The number of nitrogens with zero attached hydrogens (tertiary/aromatic N) is 1. The van der Waals surface area contributed by atoms with Gasteiger partial charge >= 0.3 is 0 Å². The Labute approximate surface area is 98.0 Å². The molecule has 0 saturated carbocycles. The molecule has 0 unspecified atom stereocenters. The van der Waals surface area contributed by atoms with Crippen LogP contribution in [-0.4, -0.2) is 47.3 Å². The molecule has 0 rings (SSSR count). The second-order valence-electron chi connectivity index (χ2n) is 3.45. The van der Waals surface area contributed by atoms with Crippen LogP contribution >= 0.6 is 0 Å². The fraction of sp³-hybridized carbons (Fsp3) is 0.889. The predicted molar refractivity (Wildman–Crippen MR) is 67.1 cm³/mol. The fourth-order valence-electron chi connectivity index (χ4n) is 1.02. The normalized spacial score (nSPS) is 12.6. The summed E-state index contributed by atoms with van der Waals surface area (Å²) < 4.78 is 23.9. The highest BCUT2D eigenvalue weighted by atomic mass is 32.2. The van der Waals surface area contributed by atoms with Crippen LogP contribution in [0.15, 0.2) is 4.99 Å². The van der Waals surface area contributed by atoms with E-state index in [4.69, 9.17) is 0 Å². The second-order valence-corrected chi connectivity index (χ2v) is 5.28. The summed E-state index contributed by atoms with van der Waals surface area (Å²) in [5.74, 6) is 0.751. The van der Waals surface area contributed by atoms with E-state index in [2.05, 4.69) is 27.3 Å². The summed E-state index contributed by atoms with van der Waals surface area (Å²) in [5.41, 5.74) is 0. The van der Waals surface area contributed by atoms with Gasteiger partial charge in [-0.15, -0.1) is 0 Å². The summed E-state index contributed by atoms with van der Waals surface area (Å²) in [6, 6.07) is 0. The molecule has 0 aromatic rings. The Morgan fingerprint density at radius 2 is 1.81 bits per heavy atom. The molecule has 0 heterocycles. The number of hydrogen-bond acceptors (Lipinski definition) is 3. The van der Waals surface area contributed by atoms with E-state index < -0.39 is 10.0 Å². The number of nitrogens with one attached hydrogen (secondary N) is 3. The Morgan fingerprint density at radius 1 is 1.19 bits per heavy atom. The molecule has 0 amide bonds. The number of aliphatic imine (C=N–C) groups is 1. The van der Waals surface area contributed by atoms with Gasteiger partial charge < -0.3 is 10.6 Å². The van der Waals surface area contributed by atoms with Crippen molar-refractivity contribution in [2.45, 2.75) is 19.8 Å². The molecule has 3 N–H and O–H groups in total. The number of rotatable bonds is 7. The van der Waals surface area contributed by atoms with Crippen molar-refractivity contribution in [3.8, 4) is 0 Å². The molecular weight excluding hydrogens is 228 g/mol. The topological polar surface area (TPSA) is 82.6 Å². The standard InChI is InChI=1S/C9H22N4O2S/c1-4-6-11-9(10-2)12-7-5-8-13-16(3,14)15/h13H,4-8H2,1-3H3,(H2,10,11,12). The highest BCUT2D eigenvalue weighted by molar-refractivity contribution is 7.88. The van der Waals surface area contributed by atoms with Gasteiger partial charge in [0.15, 0.2) is 5.96 Å². The zero-order valence-electron chi connectivity index (χ0n) is 10.2. The monoisotopic (exact) mass is 250 g/mol. The van der Waals surface area contributed by atoms with Crippen LogP contribution in [-0.2, 0) is 10.0 Å². The van der Waals surface area contributed by atoms with Gasteiger partial charge in [-0.05, 0) is 12.8 Å². The van der Waals surface area contributed by atoms with Crippen LogP contribution in [0.2, 0.25) is 0 Å². The SMILES string of the molecule is CCCNC(=NC)NCCCNS(C)(=O)=O. The minimum Gasteiger partial charge on any atom is -0.356 e. The minimum absolute atomic E-state index is 0.441. The lowest BCUT2D eigenvalue weighted by Gasteiger charge is -2.10. The van der Waals surface area contributed by atoms with Gasteiger partial charge in [0.25, 0.3) is 0 Å². The molecule has 0 fully saturated rings. The first-order chi connectivity index (χ1) is 7.49. The maximum Gasteiger partial charge on any atom is 0.208 e. The van der Waals surface area contributed by atoms with Crippen molar-refractivity contribution in [2.75, 3.05) is 32.9 Å². The summed E-state index contributed by atoms with van der Waals surface area (Å²) in [6.07, 6.45) is 2.92. The van der Waals surface area contributed by atoms with Gasteiger partial charge in [-0.3, -0.25) is 4.99 Å². The molecule has 0 saturated heterocycles. The Morgan fingerprint density at radius 3 is 2.31 bits per heavy atom. The van der Waals surface area contributed by atoms with E-state index in [1.165, 1.54) is 0 Å². The van der Waals surface area contributed by atoms with Crippen molar-refractivity contribution in [1.29, 1.82) is 0 Å². The van der Waals surface area contributed by atoms with E-state index >= 15 is 0 Å². The molecule has 16 heavy (non-hydrogen) atoms. The molecule has 0 aromatic heterocycles. The first-order valence-corrected chi connectivity index (χ1v) is 7.28. The van der Waals surface area contributed by atoms with Crippen molar-refractivity contribution in [3.05, 3.63) is 0 Å².